The number of carbonyl (C=O) groups is 1. The zero-order chi connectivity index (χ0) is 14.2. The van der Waals surface area contributed by atoms with Crippen LogP contribution in [0.4, 0.5) is 4.79 Å². The van der Waals surface area contributed by atoms with Gasteiger partial charge in [-0.25, -0.2) is 4.79 Å². The van der Waals surface area contributed by atoms with E-state index in [0.29, 0.717) is 6.61 Å². The lowest BCUT2D eigenvalue weighted by atomic mass is 9.80. The molecule has 7 heteroatoms. The van der Waals surface area contributed by atoms with Gasteiger partial charge in [0, 0.05) is 5.41 Å². The Morgan fingerprint density at radius 1 is 1.50 bits per heavy atom. The molecule has 1 saturated heterocycles. The van der Waals surface area contributed by atoms with Crippen LogP contribution in [-0.2, 0) is 4.74 Å². The molecule has 112 valence electrons. The average molecular weight is 322 g/mol. The van der Waals surface area contributed by atoms with Crippen LogP contribution in [0, 0.1) is 5.41 Å². The molecule has 1 atom stereocenters. The fourth-order valence-corrected chi connectivity index (χ4v) is 2.36. The van der Waals surface area contributed by atoms with Crippen LogP contribution in [0.15, 0.2) is 12.1 Å². The van der Waals surface area contributed by atoms with Crippen molar-refractivity contribution in [2.24, 2.45) is 5.41 Å². The smallest absolute Gasteiger partial charge is 0.407 e. The molecule has 0 aliphatic carbocycles. The number of alkyl carbamates (subject to hydrolysis) is 1. The van der Waals surface area contributed by atoms with Crippen molar-refractivity contribution in [1.29, 1.82) is 0 Å². The van der Waals surface area contributed by atoms with Gasteiger partial charge >= 0.3 is 6.09 Å². The molecule has 2 rings (SSSR count). The number of methoxy groups -OCH3 is 1. The Morgan fingerprint density at radius 2 is 2.15 bits per heavy atom. The molecule has 0 radical (unpaired) electrons. The van der Waals surface area contributed by atoms with Gasteiger partial charge in [0.2, 0.25) is 0 Å². The Hall–Kier alpha value is -1.33. The van der Waals surface area contributed by atoms with Crippen LogP contribution >= 0.6 is 24.0 Å². The molecule has 0 saturated carbocycles. The second-order valence-electron chi connectivity index (χ2n) is 5.20. The van der Waals surface area contributed by atoms with Crippen LogP contribution in [0.1, 0.15) is 25.5 Å². The first-order valence-corrected chi connectivity index (χ1v) is 6.22. The minimum absolute atomic E-state index is 0. The first-order valence-electron chi connectivity index (χ1n) is 5.85. The molecule has 1 amide bonds. The van der Waals surface area contributed by atoms with Crippen LogP contribution in [0.2, 0.25) is 5.02 Å². The van der Waals surface area contributed by atoms with Crippen LogP contribution in [-0.4, -0.2) is 24.9 Å². The van der Waals surface area contributed by atoms with Gasteiger partial charge in [0.15, 0.2) is 11.5 Å². The van der Waals surface area contributed by atoms with Gasteiger partial charge in [0.25, 0.3) is 0 Å². The Kier molecular flexibility index (Phi) is 5.00. The molecule has 1 aliphatic heterocycles. The summed E-state index contributed by atoms with van der Waals surface area (Å²) >= 11 is 5.97. The van der Waals surface area contributed by atoms with Crippen LogP contribution in [0.25, 0.3) is 0 Å². The van der Waals surface area contributed by atoms with Crippen molar-refractivity contribution in [2.45, 2.75) is 19.9 Å². The van der Waals surface area contributed by atoms with Crippen molar-refractivity contribution in [2.75, 3.05) is 13.7 Å². The molecule has 2 N–H and O–H groups in total. The van der Waals surface area contributed by atoms with E-state index in [2.05, 4.69) is 5.32 Å². The Morgan fingerprint density at radius 3 is 2.75 bits per heavy atom. The van der Waals surface area contributed by atoms with E-state index in [9.17, 15) is 9.90 Å². The Balaban J connectivity index is 0.00000200. The van der Waals surface area contributed by atoms with Crippen molar-refractivity contribution in [3.63, 3.8) is 0 Å². The van der Waals surface area contributed by atoms with E-state index in [0.717, 1.165) is 5.56 Å². The minimum Gasteiger partial charge on any atom is -0.503 e. The third kappa shape index (κ3) is 3.04. The Bertz CT molecular complexity index is 519. The summed E-state index contributed by atoms with van der Waals surface area (Å²) in [5.41, 5.74) is 0.473. The van der Waals surface area contributed by atoms with E-state index >= 15 is 0 Å². The maximum Gasteiger partial charge on any atom is 0.407 e. The van der Waals surface area contributed by atoms with Gasteiger partial charge in [-0.2, -0.15) is 0 Å². The second kappa shape index (κ2) is 5.97. The van der Waals surface area contributed by atoms with E-state index < -0.39 is 6.09 Å². The lowest BCUT2D eigenvalue weighted by Gasteiger charge is -2.38. The number of benzene rings is 1. The molecular weight excluding hydrogens is 305 g/mol. The number of phenolic OH excluding ortho intramolecular Hbond substituents is 1. The predicted molar refractivity (Wildman–Crippen MR) is 77.9 cm³/mol. The fraction of sp³-hybridized carbons (Fsp3) is 0.462. The summed E-state index contributed by atoms with van der Waals surface area (Å²) in [7, 11) is 1.45. The van der Waals surface area contributed by atoms with Gasteiger partial charge < -0.3 is 19.9 Å². The highest BCUT2D eigenvalue weighted by atomic mass is 35.5. The number of phenols is 1. The maximum absolute atomic E-state index is 11.4. The SMILES string of the molecule is COc1cc([C@@H]2NC(=O)OCC2(C)C)cc(Cl)c1O.Cl. The maximum atomic E-state index is 11.4. The number of ether oxygens (including phenoxy) is 2. The van der Waals surface area contributed by atoms with Gasteiger partial charge in [0.1, 0.15) is 6.61 Å². The first-order chi connectivity index (χ1) is 8.85. The van der Waals surface area contributed by atoms with Gasteiger partial charge in [-0.15, -0.1) is 12.4 Å². The fourth-order valence-electron chi connectivity index (χ4n) is 2.14. The topological polar surface area (TPSA) is 67.8 Å². The van der Waals surface area contributed by atoms with E-state index in [1.54, 1.807) is 12.1 Å². The lowest BCUT2D eigenvalue weighted by Crippen LogP contribution is -2.46. The van der Waals surface area contributed by atoms with E-state index in [4.69, 9.17) is 21.1 Å². The zero-order valence-electron chi connectivity index (χ0n) is 11.4. The number of hydrogen-bond acceptors (Lipinski definition) is 4. The van der Waals surface area contributed by atoms with E-state index in [1.165, 1.54) is 7.11 Å². The number of cyclic esters (lactones) is 1. The number of amides is 1. The standard InChI is InChI=1S/C13H16ClNO4.ClH/c1-13(2)6-19-12(17)15-11(13)7-4-8(14)10(16)9(5-7)18-3;/h4-5,11,16H,6H2,1-3H3,(H,15,17);1H/t11-;/m0./s1. The summed E-state index contributed by atoms with van der Waals surface area (Å²) < 4.78 is 10.1. The van der Waals surface area contributed by atoms with Crippen LogP contribution in [0.3, 0.4) is 0 Å². The highest BCUT2D eigenvalue weighted by Crippen LogP contribution is 2.42. The monoisotopic (exact) mass is 321 g/mol. The second-order valence-corrected chi connectivity index (χ2v) is 5.60. The summed E-state index contributed by atoms with van der Waals surface area (Å²) in [5.74, 6) is 0.170. The van der Waals surface area contributed by atoms with E-state index in [1.807, 2.05) is 13.8 Å². The molecule has 0 unspecified atom stereocenters. The molecule has 1 heterocycles. The van der Waals surface area contributed by atoms with Crippen molar-refractivity contribution in [3.05, 3.63) is 22.7 Å². The van der Waals surface area contributed by atoms with Crippen molar-refractivity contribution < 1.29 is 19.4 Å². The highest BCUT2D eigenvalue weighted by molar-refractivity contribution is 6.32. The third-order valence-corrected chi connectivity index (χ3v) is 3.51. The van der Waals surface area contributed by atoms with Crippen molar-refractivity contribution >= 4 is 30.1 Å². The number of halogens is 2. The van der Waals surface area contributed by atoms with Gasteiger partial charge in [-0.05, 0) is 17.7 Å². The largest absolute Gasteiger partial charge is 0.503 e. The van der Waals surface area contributed by atoms with Gasteiger partial charge in [-0.3, -0.25) is 0 Å². The number of aromatic hydroxyl groups is 1. The summed E-state index contributed by atoms with van der Waals surface area (Å²) in [6.45, 7) is 4.26. The van der Waals surface area contributed by atoms with Crippen LogP contribution in [0.5, 0.6) is 11.5 Å². The first kappa shape index (κ1) is 16.7. The molecule has 1 aromatic carbocycles. The molecule has 0 spiro atoms. The van der Waals surface area contributed by atoms with Crippen molar-refractivity contribution in [1.82, 2.24) is 5.32 Å². The van der Waals surface area contributed by atoms with E-state index in [-0.39, 0.29) is 40.4 Å². The lowest BCUT2D eigenvalue weighted by molar-refractivity contribution is 0.0387. The number of nitrogens with one attached hydrogen (secondary N) is 1. The van der Waals surface area contributed by atoms with Crippen LogP contribution < -0.4 is 10.1 Å². The molecule has 0 aromatic heterocycles. The highest BCUT2D eigenvalue weighted by Gasteiger charge is 2.38. The molecule has 5 nitrogen and oxygen atoms in total. The average Bonchev–Trinajstić information content (AvgIpc) is 2.35. The molecule has 1 aromatic rings. The summed E-state index contributed by atoms with van der Waals surface area (Å²) in [5, 5.41) is 12.7. The molecular formula is C13H17Cl2NO4. The molecule has 1 fully saturated rings. The van der Waals surface area contributed by atoms with Crippen molar-refractivity contribution in [3.8, 4) is 11.5 Å². The molecule has 0 bridgehead atoms. The minimum atomic E-state index is -0.465. The summed E-state index contributed by atoms with van der Waals surface area (Å²) in [6, 6.07) is 3.03. The summed E-state index contributed by atoms with van der Waals surface area (Å²) in [4.78, 5) is 11.4. The van der Waals surface area contributed by atoms with Gasteiger partial charge in [0.05, 0.1) is 18.2 Å². The van der Waals surface area contributed by atoms with Gasteiger partial charge in [-0.1, -0.05) is 25.4 Å². The number of rotatable bonds is 2. The quantitative estimate of drug-likeness (QED) is 0.877. The normalized spacial score (nSPS) is 20.4. The predicted octanol–water partition coefficient (Wildman–Crippen LogP) is 3.28. The number of carbonyl (C=O) groups excluding carboxylic acids is 1. The zero-order valence-corrected chi connectivity index (χ0v) is 13.0. The Labute approximate surface area is 128 Å². The molecule has 1 aliphatic rings. The number of hydrogen-bond donors (Lipinski definition) is 2. The summed E-state index contributed by atoms with van der Waals surface area (Å²) in [6.07, 6.45) is -0.465. The molecule has 20 heavy (non-hydrogen) atoms. The third-order valence-electron chi connectivity index (χ3n) is 3.22.